The van der Waals surface area contributed by atoms with Crippen molar-refractivity contribution in [2.75, 3.05) is 5.73 Å². The molecular formula is C14H15N5O. The summed E-state index contributed by atoms with van der Waals surface area (Å²) in [7, 11) is 1.82. The molecule has 0 fully saturated rings. The third-order valence-corrected chi connectivity index (χ3v) is 3.14. The van der Waals surface area contributed by atoms with Crippen LogP contribution in [0.1, 0.15) is 12.6 Å². The van der Waals surface area contributed by atoms with Crippen molar-refractivity contribution in [3.63, 3.8) is 0 Å². The lowest BCUT2D eigenvalue weighted by Crippen LogP contribution is -1.95. The van der Waals surface area contributed by atoms with Crippen LogP contribution in [0.2, 0.25) is 0 Å². The summed E-state index contributed by atoms with van der Waals surface area (Å²) in [5, 5.41) is 12.5. The van der Waals surface area contributed by atoms with Crippen molar-refractivity contribution in [1.82, 2.24) is 20.0 Å². The second-order valence-electron chi connectivity index (χ2n) is 4.46. The van der Waals surface area contributed by atoms with Gasteiger partial charge in [-0.2, -0.15) is 5.10 Å². The van der Waals surface area contributed by atoms with Gasteiger partial charge >= 0.3 is 0 Å². The van der Waals surface area contributed by atoms with Gasteiger partial charge in [0.1, 0.15) is 5.69 Å². The summed E-state index contributed by atoms with van der Waals surface area (Å²) >= 11 is 0. The first-order chi connectivity index (χ1) is 9.70. The molecule has 0 bridgehead atoms. The zero-order valence-electron chi connectivity index (χ0n) is 11.4. The molecule has 1 aromatic carbocycles. The van der Waals surface area contributed by atoms with Gasteiger partial charge < -0.3 is 10.2 Å². The highest BCUT2D eigenvalue weighted by molar-refractivity contribution is 5.69. The smallest absolute Gasteiger partial charge is 0.268 e. The van der Waals surface area contributed by atoms with Crippen LogP contribution < -0.4 is 5.73 Å². The van der Waals surface area contributed by atoms with Gasteiger partial charge in [0.15, 0.2) is 0 Å². The molecule has 2 aromatic heterocycles. The third kappa shape index (κ3) is 1.95. The van der Waals surface area contributed by atoms with Crippen LogP contribution in [0.15, 0.2) is 34.7 Å². The molecule has 0 spiro atoms. The average molecular weight is 269 g/mol. The molecule has 0 atom stereocenters. The Kier molecular flexibility index (Phi) is 2.98. The number of rotatable bonds is 3. The highest BCUT2D eigenvalue weighted by Crippen LogP contribution is 2.29. The van der Waals surface area contributed by atoms with Crippen molar-refractivity contribution in [3.8, 4) is 23.0 Å². The molecule has 6 heteroatoms. The molecule has 0 aliphatic rings. The van der Waals surface area contributed by atoms with Crippen molar-refractivity contribution in [3.05, 3.63) is 36.0 Å². The molecule has 0 unspecified atom stereocenters. The zero-order valence-corrected chi connectivity index (χ0v) is 11.4. The molecule has 20 heavy (non-hydrogen) atoms. The largest absolute Gasteiger partial charge is 0.415 e. The van der Waals surface area contributed by atoms with Crippen LogP contribution in [-0.2, 0) is 13.5 Å². The number of benzene rings is 1. The topological polar surface area (TPSA) is 82.8 Å². The lowest BCUT2D eigenvalue weighted by molar-refractivity contribution is 0.575. The van der Waals surface area contributed by atoms with Crippen LogP contribution in [-0.4, -0.2) is 20.0 Å². The highest BCUT2D eigenvalue weighted by Gasteiger charge is 2.19. The van der Waals surface area contributed by atoms with Gasteiger partial charge in [-0.15, -0.1) is 10.2 Å². The summed E-state index contributed by atoms with van der Waals surface area (Å²) in [5.41, 5.74) is 9.06. The second-order valence-corrected chi connectivity index (χ2v) is 4.46. The molecule has 2 heterocycles. The van der Waals surface area contributed by atoms with Crippen molar-refractivity contribution in [2.24, 2.45) is 7.05 Å². The lowest BCUT2D eigenvalue weighted by Gasteiger charge is -1.97. The standard InChI is InChI=1S/C14H15N5O/c1-3-10-11(15)12(19(2)18-10)14-17-16-13(20-14)9-7-5-4-6-8-9/h4-8H,3,15H2,1-2H3. The van der Waals surface area contributed by atoms with E-state index in [2.05, 4.69) is 15.3 Å². The van der Waals surface area contributed by atoms with Gasteiger partial charge in [-0.3, -0.25) is 4.68 Å². The van der Waals surface area contributed by atoms with E-state index in [0.717, 1.165) is 17.7 Å². The number of nitrogen functional groups attached to an aromatic ring is 1. The van der Waals surface area contributed by atoms with E-state index < -0.39 is 0 Å². The SMILES string of the molecule is CCc1nn(C)c(-c2nnc(-c3ccccc3)o2)c1N. The fourth-order valence-electron chi connectivity index (χ4n) is 2.13. The van der Waals surface area contributed by atoms with Gasteiger partial charge in [-0.05, 0) is 18.6 Å². The normalized spacial score (nSPS) is 10.9. The molecule has 0 saturated carbocycles. The van der Waals surface area contributed by atoms with Crippen LogP contribution in [0.25, 0.3) is 23.0 Å². The number of anilines is 1. The van der Waals surface area contributed by atoms with E-state index in [1.807, 2.05) is 44.3 Å². The monoisotopic (exact) mass is 269 g/mol. The van der Waals surface area contributed by atoms with Crippen molar-refractivity contribution in [1.29, 1.82) is 0 Å². The minimum Gasteiger partial charge on any atom is -0.415 e. The van der Waals surface area contributed by atoms with Gasteiger partial charge in [0, 0.05) is 12.6 Å². The van der Waals surface area contributed by atoms with Crippen LogP contribution in [0.3, 0.4) is 0 Å². The molecule has 3 rings (SSSR count). The Morgan fingerprint density at radius 3 is 2.50 bits per heavy atom. The Morgan fingerprint density at radius 1 is 1.15 bits per heavy atom. The van der Waals surface area contributed by atoms with Crippen LogP contribution in [0.5, 0.6) is 0 Å². The lowest BCUT2D eigenvalue weighted by atomic mass is 10.2. The zero-order chi connectivity index (χ0) is 14.1. The quantitative estimate of drug-likeness (QED) is 0.788. The van der Waals surface area contributed by atoms with Gasteiger partial charge in [-0.25, -0.2) is 0 Å². The first-order valence-corrected chi connectivity index (χ1v) is 6.41. The summed E-state index contributed by atoms with van der Waals surface area (Å²) in [6, 6.07) is 9.62. The summed E-state index contributed by atoms with van der Waals surface area (Å²) in [6.07, 6.45) is 0.763. The fraction of sp³-hybridized carbons (Fsp3) is 0.214. The number of nitrogens with zero attached hydrogens (tertiary/aromatic N) is 4. The Balaban J connectivity index is 2.05. The number of hydrogen-bond acceptors (Lipinski definition) is 5. The average Bonchev–Trinajstić information content (AvgIpc) is 3.04. The van der Waals surface area contributed by atoms with E-state index in [1.54, 1.807) is 4.68 Å². The summed E-state index contributed by atoms with van der Waals surface area (Å²) in [4.78, 5) is 0. The number of aromatic nitrogens is 4. The van der Waals surface area contributed by atoms with E-state index in [9.17, 15) is 0 Å². The second kappa shape index (κ2) is 4.80. The summed E-state index contributed by atoms with van der Waals surface area (Å²) in [6.45, 7) is 2.01. The molecular weight excluding hydrogens is 254 g/mol. The maximum absolute atomic E-state index is 6.08. The summed E-state index contributed by atoms with van der Waals surface area (Å²) in [5.74, 6) is 0.857. The van der Waals surface area contributed by atoms with Crippen LogP contribution in [0, 0.1) is 0 Å². The maximum atomic E-state index is 6.08. The van der Waals surface area contributed by atoms with Gasteiger partial charge in [-0.1, -0.05) is 25.1 Å². The van der Waals surface area contributed by atoms with E-state index in [0.29, 0.717) is 23.2 Å². The Bertz CT molecular complexity index is 729. The third-order valence-electron chi connectivity index (χ3n) is 3.14. The molecule has 0 radical (unpaired) electrons. The van der Waals surface area contributed by atoms with E-state index in [1.165, 1.54) is 0 Å². The molecule has 0 aliphatic carbocycles. The van der Waals surface area contributed by atoms with Crippen LogP contribution >= 0.6 is 0 Å². The van der Waals surface area contributed by atoms with Gasteiger partial charge in [0.05, 0.1) is 11.4 Å². The molecule has 0 saturated heterocycles. The Hall–Kier alpha value is -2.63. The van der Waals surface area contributed by atoms with Crippen molar-refractivity contribution >= 4 is 5.69 Å². The highest BCUT2D eigenvalue weighted by atomic mass is 16.4. The van der Waals surface area contributed by atoms with Gasteiger partial charge in [0.2, 0.25) is 5.89 Å². The molecule has 6 nitrogen and oxygen atoms in total. The fourth-order valence-corrected chi connectivity index (χ4v) is 2.13. The van der Waals surface area contributed by atoms with E-state index >= 15 is 0 Å². The number of nitrogens with two attached hydrogens (primary N) is 1. The minimum atomic E-state index is 0.385. The first-order valence-electron chi connectivity index (χ1n) is 6.41. The molecule has 0 aliphatic heterocycles. The minimum absolute atomic E-state index is 0.385. The first kappa shape index (κ1) is 12.4. The molecule has 3 aromatic rings. The number of aryl methyl sites for hydroxylation is 2. The molecule has 2 N–H and O–H groups in total. The van der Waals surface area contributed by atoms with E-state index in [4.69, 9.17) is 10.2 Å². The Labute approximate surface area is 116 Å². The predicted molar refractivity (Wildman–Crippen MR) is 75.7 cm³/mol. The summed E-state index contributed by atoms with van der Waals surface area (Å²) < 4.78 is 7.39. The van der Waals surface area contributed by atoms with Crippen LogP contribution in [0.4, 0.5) is 5.69 Å². The van der Waals surface area contributed by atoms with Crippen molar-refractivity contribution in [2.45, 2.75) is 13.3 Å². The molecule has 102 valence electrons. The predicted octanol–water partition coefficient (Wildman–Crippen LogP) is 2.28. The maximum Gasteiger partial charge on any atom is 0.268 e. The van der Waals surface area contributed by atoms with Gasteiger partial charge in [0.25, 0.3) is 5.89 Å². The molecule has 0 amide bonds. The Morgan fingerprint density at radius 2 is 1.85 bits per heavy atom. The van der Waals surface area contributed by atoms with Crippen molar-refractivity contribution < 1.29 is 4.42 Å². The van der Waals surface area contributed by atoms with E-state index in [-0.39, 0.29) is 0 Å². The number of hydrogen-bond donors (Lipinski definition) is 1.